The van der Waals surface area contributed by atoms with Gasteiger partial charge in [-0.3, -0.25) is 14.9 Å². The summed E-state index contributed by atoms with van der Waals surface area (Å²) in [6.07, 6.45) is 1.91. The van der Waals surface area contributed by atoms with E-state index >= 15 is 0 Å². The number of nitrogens with one attached hydrogen (secondary N) is 1. The van der Waals surface area contributed by atoms with Crippen molar-refractivity contribution < 1.29 is 14.9 Å². The van der Waals surface area contributed by atoms with Crippen LogP contribution in [-0.2, 0) is 4.79 Å². The summed E-state index contributed by atoms with van der Waals surface area (Å²) in [4.78, 5) is 20.9. The van der Waals surface area contributed by atoms with E-state index in [1.54, 1.807) is 6.92 Å². The third-order valence-electron chi connectivity index (χ3n) is 2.26. The zero-order chi connectivity index (χ0) is 13.4. The van der Waals surface area contributed by atoms with Gasteiger partial charge in [-0.15, -0.1) is 0 Å². The summed E-state index contributed by atoms with van der Waals surface area (Å²) in [7, 11) is 0. The van der Waals surface area contributed by atoms with Gasteiger partial charge in [0.15, 0.2) is 0 Å². The first kappa shape index (κ1) is 15.1. The summed E-state index contributed by atoms with van der Waals surface area (Å²) in [6.45, 7) is 4.61. The number of nitrogens with zero attached hydrogens (tertiary/aromatic N) is 2. The Morgan fingerprint density at radius 2 is 2.24 bits per heavy atom. The molecule has 17 heavy (non-hydrogen) atoms. The molecule has 7 heteroatoms. The van der Waals surface area contributed by atoms with Crippen LogP contribution in [0, 0.1) is 10.1 Å². The number of hydrogen-bond acceptors (Lipinski definition) is 5. The fraction of sp³-hybridized carbons (Fsp3) is 0.600. The standard InChI is InChI=1S/C10H17N3O4/c1-4-9(7(2)13(16)17)5-10(12-15)6-11-8(3)14/h5,7,15H,4,6H2,1-3H3,(H,11,14). The molecule has 0 spiro atoms. The van der Waals surface area contributed by atoms with Crippen LogP contribution in [0.4, 0.5) is 0 Å². The van der Waals surface area contributed by atoms with Gasteiger partial charge >= 0.3 is 0 Å². The number of nitro groups is 1. The Labute approximate surface area is 99.3 Å². The first-order chi connectivity index (χ1) is 7.92. The molecule has 0 bridgehead atoms. The van der Waals surface area contributed by atoms with Crippen LogP contribution in [0.2, 0.25) is 0 Å². The second-order valence-electron chi connectivity index (χ2n) is 3.54. The molecule has 0 aromatic carbocycles. The van der Waals surface area contributed by atoms with Crippen LogP contribution in [0.3, 0.4) is 0 Å². The SMILES string of the molecule is CCC(=CC(CNC(C)=O)=NO)C(C)[N+](=O)[O-]. The monoisotopic (exact) mass is 243 g/mol. The second kappa shape index (κ2) is 7.37. The van der Waals surface area contributed by atoms with Crippen molar-refractivity contribution in [1.82, 2.24) is 5.32 Å². The normalized spacial score (nSPS) is 14.3. The quantitative estimate of drug-likeness (QED) is 0.313. The maximum absolute atomic E-state index is 10.7. The number of hydrogen-bond donors (Lipinski definition) is 2. The fourth-order valence-electron chi connectivity index (χ4n) is 1.20. The highest BCUT2D eigenvalue weighted by molar-refractivity contribution is 5.98. The molecule has 0 heterocycles. The van der Waals surface area contributed by atoms with Crippen LogP contribution in [0.15, 0.2) is 16.8 Å². The van der Waals surface area contributed by atoms with E-state index in [-0.39, 0.29) is 18.2 Å². The number of rotatable bonds is 6. The third-order valence-corrected chi connectivity index (χ3v) is 2.26. The molecule has 0 radical (unpaired) electrons. The summed E-state index contributed by atoms with van der Waals surface area (Å²) < 4.78 is 0. The van der Waals surface area contributed by atoms with Gasteiger partial charge in [0.05, 0.1) is 12.3 Å². The van der Waals surface area contributed by atoms with Gasteiger partial charge in [-0.05, 0) is 12.5 Å². The van der Waals surface area contributed by atoms with Crippen LogP contribution in [-0.4, -0.2) is 34.3 Å². The van der Waals surface area contributed by atoms with Gasteiger partial charge in [0.25, 0.3) is 0 Å². The largest absolute Gasteiger partial charge is 0.411 e. The van der Waals surface area contributed by atoms with Crippen LogP contribution < -0.4 is 5.32 Å². The summed E-state index contributed by atoms with van der Waals surface area (Å²) in [6, 6.07) is -0.839. The predicted octanol–water partition coefficient (Wildman–Crippen LogP) is 0.954. The highest BCUT2D eigenvalue weighted by Crippen LogP contribution is 2.10. The molecule has 0 saturated carbocycles. The lowest BCUT2D eigenvalue weighted by Crippen LogP contribution is -2.27. The number of carbonyl (C=O) groups is 1. The van der Waals surface area contributed by atoms with Crippen molar-refractivity contribution in [3.63, 3.8) is 0 Å². The molecule has 2 N–H and O–H groups in total. The van der Waals surface area contributed by atoms with E-state index in [2.05, 4.69) is 10.5 Å². The van der Waals surface area contributed by atoms with E-state index in [9.17, 15) is 14.9 Å². The van der Waals surface area contributed by atoms with E-state index in [4.69, 9.17) is 5.21 Å². The van der Waals surface area contributed by atoms with E-state index < -0.39 is 11.0 Å². The molecular weight excluding hydrogens is 226 g/mol. The highest BCUT2D eigenvalue weighted by Gasteiger charge is 2.18. The third kappa shape index (κ3) is 5.64. The average molecular weight is 243 g/mol. The Bertz CT molecular complexity index is 349. The first-order valence-corrected chi connectivity index (χ1v) is 5.21. The maximum atomic E-state index is 10.7. The van der Waals surface area contributed by atoms with Crippen LogP contribution in [0.25, 0.3) is 0 Å². The molecule has 1 unspecified atom stereocenters. The van der Waals surface area contributed by atoms with Gasteiger partial charge in [0.1, 0.15) is 0 Å². The van der Waals surface area contributed by atoms with E-state index in [1.165, 1.54) is 19.9 Å². The van der Waals surface area contributed by atoms with E-state index in [0.29, 0.717) is 12.0 Å². The van der Waals surface area contributed by atoms with Crippen LogP contribution in [0.1, 0.15) is 27.2 Å². The van der Waals surface area contributed by atoms with Crippen molar-refractivity contribution in [3.8, 4) is 0 Å². The molecule has 0 aliphatic rings. The lowest BCUT2D eigenvalue weighted by atomic mass is 10.0. The number of amides is 1. The summed E-state index contributed by atoms with van der Waals surface area (Å²) >= 11 is 0. The van der Waals surface area contributed by atoms with Crippen LogP contribution >= 0.6 is 0 Å². The number of carbonyl (C=O) groups excluding carboxylic acids is 1. The van der Waals surface area contributed by atoms with Gasteiger partial charge in [-0.25, -0.2) is 0 Å². The van der Waals surface area contributed by atoms with Crippen molar-refractivity contribution in [3.05, 3.63) is 21.8 Å². The highest BCUT2D eigenvalue weighted by atomic mass is 16.6. The number of oxime groups is 1. The molecular formula is C10H17N3O4. The Morgan fingerprint density at radius 3 is 2.59 bits per heavy atom. The van der Waals surface area contributed by atoms with Crippen molar-refractivity contribution in [2.75, 3.05) is 6.54 Å². The lowest BCUT2D eigenvalue weighted by molar-refractivity contribution is -0.507. The van der Waals surface area contributed by atoms with Gasteiger partial charge < -0.3 is 10.5 Å². The van der Waals surface area contributed by atoms with Crippen molar-refractivity contribution in [1.29, 1.82) is 0 Å². The molecule has 0 aliphatic carbocycles. The summed E-state index contributed by atoms with van der Waals surface area (Å²) in [5.41, 5.74) is 0.721. The Balaban J connectivity index is 4.79. The molecule has 1 atom stereocenters. The Hall–Kier alpha value is -1.92. The Kier molecular flexibility index (Phi) is 6.54. The van der Waals surface area contributed by atoms with E-state index in [1.807, 2.05) is 0 Å². The van der Waals surface area contributed by atoms with Gasteiger partial charge in [0.2, 0.25) is 11.9 Å². The maximum Gasteiger partial charge on any atom is 0.231 e. The molecule has 0 saturated heterocycles. The molecule has 0 aliphatic heterocycles. The minimum absolute atomic E-state index is 0.0414. The molecule has 1 amide bonds. The topological polar surface area (TPSA) is 105 Å². The van der Waals surface area contributed by atoms with Gasteiger partial charge in [-0.2, -0.15) is 0 Å². The van der Waals surface area contributed by atoms with Crippen molar-refractivity contribution in [2.45, 2.75) is 33.2 Å². The smallest absolute Gasteiger partial charge is 0.231 e. The summed E-state index contributed by atoms with van der Waals surface area (Å²) in [5.74, 6) is -0.264. The predicted molar refractivity (Wildman–Crippen MR) is 62.7 cm³/mol. The molecule has 0 aromatic rings. The minimum Gasteiger partial charge on any atom is -0.411 e. The van der Waals surface area contributed by atoms with E-state index in [0.717, 1.165) is 0 Å². The van der Waals surface area contributed by atoms with Crippen molar-refractivity contribution >= 4 is 11.6 Å². The van der Waals surface area contributed by atoms with Crippen LogP contribution in [0.5, 0.6) is 0 Å². The average Bonchev–Trinajstić information content (AvgIpc) is 2.28. The molecule has 7 nitrogen and oxygen atoms in total. The zero-order valence-electron chi connectivity index (χ0n) is 10.1. The molecule has 0 rings (SSSR count). The fourth-order valence-corrected chi connectivity index (χ4v) is 1.20. The van der Waals surface area contributed by atoms with Crippen molar-refractivity contribution in [2.24, 2.45) is 5.16 Å². The minimum atomic E-state index is -0.839. The van der Waals surface area contributed by atoms with Gasteiger partial charge in [0, 0.05) is 24.3 Å². The molecule has 96 valence electrons. The Morgan fingerprint density at radius 1 is 1.65 bits per heavy atom. The lowest BCUT2D eigenvalue weighted by Gasteiger charge is -2.08. The molecule has 0 aromatic heterocycles. The zero-order valence-corrected chi connectivity index (χ0v) is 10.1. The second-order valence-corrected chi connectivity index (χ2v) is 3.54. The molecule has 0 fully saturated rings. The summed E-state index contributed by atoms with van der Waals surface area (Å²) in [5, 5.41) is 24.8. The first-order valence-electron chi connectivity index (χ1n) is 5.21. The van der Waals surface area contributed by atoms with Gasteiger partial charge in [-0.1, -0.05) is 12.1 Å².